The maximum atomic E-state index is 14.8. The minimum atomic E-state index is -0.985. The van der Waals surface area contributed by atoms with E-state index in [2.05, 4.69) is 32.1 Å². The second-order valence-electron chi connectivity index (χ2n) is 8.36. The highest BCUT2D eigenvalue weighted by molar-refractivity contribution is 6.01. The number of nitrogens with zero attached hydrogens (tertiary/aromatic N) is 2. The summed E-state index contributed by atoms with van der Waals surface area (Å²) in [7, 11) is 0. The lowest BCUT2D eigenvalue weighted by Crippen LogP contribution is -2.21. The molecule has 39 heavy (non-hydrogen) atoms. The molecule has 0 spiro atoms. The van der Waals surface area contributed by atoms with E-state index in [4.69, 9.17) is 14.8 Å². The predicted molar refractivity (Wildman–Crippen MR) is 140 cm³/mol. The normalized spacial score (nSPS) is 12.2. The number of nitrogens with one attached hydrogen (secondary N) is 2. The predicted octanol–water partition coefficient (Wildman–Crippen LogP) is 5.85. The van der Waals surface area contributed by atoms with Crippen molar-refractivity contribution in [1.29, 1.82) is 0 Å². The van der Waals surface area contributed by atoms with Crippen LogP contribution in [0.15, 0.2) is 76.7 Å². The maximum Gasteiger partial charge on any atom is 0.323 e. The Kier molecular flexibility index (Phi) is 7.96. The molecule has 4 N–H and O–H groups in total. The Balaban J connectivity index is 1.46. The summed E-state index contributed by atoms with van der Waals surface area (Å²) >= 11 is 0. The van der Waals surface area contributed by atoms with E-state index in [0.29, 0.717) is 16.7 Å². The van der Waals surface area contributed by atoms with Crippen LogP contribution in [0.25, 0.3) is 22.6 Å². The van der Waals surface area contributed by atoms with Crippen molar-refractivity contribution in [2.45, 2.75) is 19.4 Å². The minimum absolute atomic E-state index is 0.104. The van der Waals surface area contributed by atoms with Crippen LogP contribution in [0.4, 0.5) is 25.0 Å². The summed E-state index contributed by atoms with van der Waals surface area (Å²) in [6.07, 6.45) is 1.32. The van der Waals surface area contributed by atoms with Crippen molar-refractivity contribution in [3.63, 3.8) is 0 Å². The number of carbonyl (C=O) groups is 2. The number of hydrogen-bond donors (Lipinski definition) is 4. The molecule has 0 bridgehead atoms. The van der Waals surface area contributed by atoms with Crippen LogP contribution in [0.1, 0.15) is 18.1 Å². The molecule has 12 heteroatoms. The van der Waals surface area contributed by atoms with E-state index in [1.165, 1.54) is 30.3 Å². The molecule has 1 atom stereocenters. The van der Waals surface area contributed by atoms with Crippen molar-refractivity contribution in [1.82, 2.24) is 4.98 Å². The second-order valence-corrected chi connectivity index (χ2v) is 8.36. The van der Waals surface area contributed by atoms with Crippen LogP contribution in [0, 0.1) is 11.6 Å². The standard InChI is InChI=1S/C27H22F2N4O6/c1-3-14(2)30-26(39-37)17-6-8-21(19(29)13-17)33-27(36)32-20-7-5-16(12-18(20)28)25-31-22-10-15(11-24(34)35)4-9-23(22)38-25/h3-10,12-14,37H,1,11H2,2H3,(H,34,35)(H2,32,33,36). The fourth-order valence-electron chi connectivity index (χ4n) is 3.54. The molecule has 4 rings (SSSR count). The van der Waals surface area contributed by atoms with Gasteiger partial charge in [-0.1, -0.05) is 12.1 Å². The number of anilines is 2. The molecular weight excluding hydrogens is 514 g/mol. The molecule has 0 saturated carbocycles. The van der Waals surface area contributed by atoms with Gasteiger partial charge in [-0.2, -0.15) is 0 Å². The number of amides is 2. The lowest BCUT2D eigenvalue weighted by atomic mass is 10.1. The van der Waals surface area contributed by atoms with Gasteiger partial charge in [-0.05, 0) is 61.0 Å². The van der Waals surface area contributed by atoms with Crippen molar-refractivity contribution >= 4 is 40.4 Å². The van der Waals surface area contributed by atoms with Crippen molar-refractivity contribution < 1.29 is 38.0 Å². The summed E-state index contributed by atoms with van der Waals surface area (Å²) < 4.78 is 35.0. The molecule has 3 aromatic carbocycles. The molecule has 0 radical (unpaired) electrons. The number of halogens is 2. The number of oxazole rings is 1. The van der Waals surface area contributed by atoms with Crippen LogP contribution >= 0.6 is 0 Å². The zero-order chi connectivity index (χ0) is 28.1. The number of rotatable bonds is 8. The molecule has 0 aliphatic heterocycles. The highest BCUT2D eigenvalue weighted by atomic mass is 19.1. The van der Waals surface area contributed by atoms with Crippen LogP contribution in [0.2, 0.25) is 0 Å². The van der Waals surface area contributed by atoms with E-state index in [9.17, 15) is 18.4 Å². The molecule has 200 valence electrons. The summed E-state index contributed by atoms with van der Waals surface area (Å²) in [5.74, 6) is -2.77. The Morgan fingerprint density at radius 1 is 1.10 bits per heavy atom. The average molecular weight is 536 g/mol. The molecule has 0 saturated heterocycles. The van der Waals surface area contributed by atoms with E-state index < -0.39 is 29.7 Å². The van der Waals surface area contributed by atoms with Gasteiger partial charge in [0, 0.05) is 11.1 Å². The van der Waals surface area contributed by atoms with Gasteiger partial charge in [-0.25, -0.2) is 28.8 Å². The molecule has 1 heterocycles. The number of aliphatic imine (C=N–C) groups is 1. The van der Waals surface area contributed by atoms with E-state index in [0.717, 1.165) is 12.1 Å². The minimum Gasteiger partial charge on any atom is -0.481 e. The van der Waals surface area contributed by atoms with Crippen molar-refractivity contribution in [2.24, 2.45) is 4.99 Å². The van der Waals surface area contributed by atoms with Gasteiger partial charge in [0.2, 0.25) is 5.89 Å². The van der Waals surface area contributed by atoms with Crippen molar-refractivity contribution in [3.05, 3.63) is 90.0 Å². The van der Waals surface area contributed by atoms with E-state index in [1.54, 1.807) is 25.1 Å². The molecule has 0 fully saturated rings. The molecule has 0 aliphatic carbocycles. The van der Waals surface area contributed by atoms with Crippen LogP contribution in [-0.4, -0.2) is 39.3 Å². The molecule has 1 aromatic heterocycles. The lowest BCUT2D eigenvalue weighted by molar-refractivity contribution is -0.154. The Morgan fingerprint density at radius 2 is 1.79 bits per heavy atom. The van der Waals surface area contributed by atoms with Gasteiger partial charge in [0.15, 0.2) is 5.58 Å². The number of fused-ring (bicyclic) bond motifs is 1. The Morgan fingerprint density at radius 3 is 2.41 bits per heavy atom. The number of carboxylic acid groups (broad SMARTS) is 1. The van der Waals surface area contributed by atoms with E-state index in [1.807, 2.05) is 0 Å². The van der Waals surface area contributed by atoms with E-state index >= 15 is 0 Å². The van der Waals surface area contributed by atoms with Gasteiger partial charge >= 0.3 is 12.0 Å². The Bertz CT molecular complexity index is 1600. The number of carboxylic acids is 1. The van der Waals surface area contributed by atoms with Crippen LogP contribution < -0.4 is 10.6 Å². The first kappa shape index (κ1) is 26.9. The number of benzene rings is 3. The number of aromatic nitrogens is 1. The summed E-state index contributed by atoms with van der Waals surface area (Å²) in [5, 5.41) is 22.6. The SMILES string of the molecule is C=CC(C)N=C(OO)c1ccc(NC(=O)Nc2ccc(-c3nc4cc(CC(=O)O)ccc4o3)cc2F)c(F)c1. The molecule has 4 aromatic rings. The molecule has 0 aliphatic rings. The quantitative estimate of drug-likeness (QED) is 0.0726. The van der Waals surface area contributed by atoms with Gasteiger partial charge < -0.3 is 25.0 Å². The topological polar surface area (TPSA) is 146 Å². The molecule has 1 unspecified atom stereocenters. The van der Waals surface area contributed by atoms with Crippen molar-refractivity contribution in [2.75, 3.05) is 10.6 Å². The van der Waals surface area contributed by atoms with Crippen molar-refractivity contribution in [3.8, 4) is 11.5 Å². The van der Waals surface area contributed by atoms with E-state index in [-0.39, 0.29) is 40.7 Å². The summed E-state index contributed by atoms with van der Waals surface area (Å²) in [6.45, 7) is 5.24. The molecular formula is C27H22F2N4O6. The fraction of sp³-hybridized carbons (Fsp3) is 0.111. The average Bonchev–Trinajstić information content (AvgIpc) is 3.32. The first-order chi connectivity index (χ1) is 18.7. The smallest absolute Gasteiger partial charge is 0.323 e. The third-order valence-electron chi connectivity index (χ3n) is 5.48. The summed E-state index contributed by atoms with van der Waals surface area (Å²) in [5.41, 5.74) is 1.35. The van der Waals surface area contributed by atoms with Gasteiger partial charge in [0.1, 0.15) is 17.2 Å². The van der Waals surface area contributed by atoms with Gasteiger partial charge in [-0.15, -0.1) is 6.58 Å². The fourth-order valence-corrected chi connectivity index (χ4v) is 3.54. The van der Waals surface area contributed by atoms with Crippen LogP contribution in [-0.2, 0) is 16.1 Å². The third-order valence-corrected chi connectivity index (χ3v) is 5.48. The Labute approximate surface area is 220 Å². The number of aliphatic carboxylic acids is 1. The van der Waals surface area contributed by atoms with Gasteiger partial charge in [-0.3, -0.25) is 4.79 Å². The monoisotopic (exact) mass is 536 g/mol. The lowest BCUT2D eigenvalue weighted by Gasteiger charge is -2.11. The zero-order valence-electron chi connectivity index (χ0n) is 20.4. The number of hydrogen-bond acceptors (Lipinski definition) is 7. The summed E-state index contributed by atoms with van der Waals surface area (Å²) in [4.78, 5) is 35.9. The van der Waals surface area contributed by atoms with Crippen LogP contribution in [0.3, 0.4) is 0 Å². The number of urea groups is 1. The van der Waals surface area contributed by atoms with Gasteiger partial charge in [0.25, 0.3) is 5.90 Å². The highest BCUT2D eigenvalue weighted by Gasteiger charge is 2.16. The molecule has 2 amide bonds. The number of carbonyl (C=O) groups excluding carboxylic acids is 1. The third kappa shape index (κ3) is 6.43. The first-order valence-electron chi connectivity index (χ1n) is 11.5. The molecule has 10 nitrogen and oxygen atoms in total. The maximum absolute atomic E-state index is 14.8. The largest absolute Gasteiger partial charge is 0.481 e. The second kappa shape index (κ2) is 11.5. The Hall–Kier alpha value is -5.10. The van der Waals surface area contributed by atoms with Crippen LogP contribution in [0.5, 0.6) is 0 Å². The highest BCUT2D eigenvalue weighted by Crippen LogP contribution is 2.28. The first-order valence-corrected chi connectivity index (χ1v) is 11.5. The zero-order valence-corrected chi connectivity index (χ0v) is 20.4. The van der Waals surface area contributed by atoms with Gasteiger partial charge in [0.05, 0.1) is 23.8 Å². The summed E-state index contributed by atoms with van der Waals surface area (Å²) in [6, 6.07) is 10.9.